The molecule has 11 heteroatoms. The normalized spacial score (nSPS) is 18.0. The highest BCUT2D eigenvalue weighted by molar-refractivity contribution is 8.17. The quantitative estimate of drug-likeness (QED) is 0.172. The monoisotopic (exact) mass is 668 g/mol. The first kappa shape index (κ1) is 34.5. The van der Waals surface area contributed by atoms with Crippen molar-refractivity contribution in [2.45, 2.75) is 44.2 Å². The van der Waals surface area contributed by atoms with Crippen LogP contribution in [-0.2, 0) is 30.3 Å². The van der Waals surface area contributed by atoms with E-state index in [9.17, 15) is 24.4 Å². The summed E-state index contributed by atoms with van der Waals surface area (Å²) in [6, 6.07) is 25.5. The zero-order valence-corrected chi connectivity index (χ0v) is 27.7. The number of hydrogen-bond acceptors (Lipinski definition) is 7. The van der Waals surface area contributed by atoms with Gasteiger partial charge < -0.3 is 25.8 Å². The van der Waals surface area contributed by atoms with Crippen LogP contribution in [0.5, 0.6) is 0 Å². The van der Waals surface area contributed by atoms with E-state index in [1.54, 1.807) is 0 Å². The molecule has 4 N–H and O–H groups in total. The van der Waals surface area contributed by atoms with Crippen LogP contribution in [0.2, 0.25) is 0 Å². The van der Waals surface area contributed by atoms with Gasteiger partial charge in [-0.05, 0) is 65.0 Å². The lowest BCUT2D eigenvalue weighted by molar-refractivity contribution is -0.126. The Morgan fingerprint density at radius 2 is 1.60 bits per heavy atom. The lowest BCUT2D eigenvalue weighted by atomic mass is 9.98. The highest BCUT2D eigenvalue weighted by Crippen LogP contribution is 2.44. The van der Waals surface area contributed by atoms with Gasteiger partial charge in [-0.25, -0.2) is 4.79 Å². The molecule has 0 bridgehead atoms. The molecular formula is C37H40N4O6S. The van der Waals surface area contributed by atoms with Crippen molar-refractivity contribution >= 4 is 39.0 Å². The first-order chi connectivity index (χ1) is 23.2. The third kappa shape index (κ3) is 8.56. The lowest BCUT2D eigenvalue weighted by Crippen LogP contribution is -2.52. The molecule has 5 rings (SSSR count). The zero-order valence-electron chi connectivity index (χ0n) is 26.9. The molecule has 0 spiro atoms. The fourth-order valence-corrected chi connectivity index (χ4v) is 8.87. The highest BCUT2D eigenvalue weighted by atomic mass is 32.2. The van der Waals surface area contributed by atoms with E-state index >= 15 is 0 Å². The number of ketones is 1. The first-order valence-corrected chi connectivity index (χ1v) is 17.6. The fraction of sp³-hybridized carbons (Fsp3) is 0.351. The van der Waals surface area contributed by atoms with E-state index in [0.717, 1.165) is 34.2 Å². The second-order valence-electron chi connectivity index (χ2n) is 12.1. The van der Waals surface area contributed by atoms with Gasteiger partial charge >= 0.3 is 6.09 Å². The molecule has 2 unspecified atom stereocenters. The number of nitrogens with zero attached hydrogens (tertiary/aromatic N) is 1. The number of amides is 3. The molecule has 10 nitrogen and oxygen atoms in total. The van der Waals surface area contributed by atoms with E-state index in [4.69, 9.17) is 15.2 Å². The Morgan fingerprint density at radius 3 is 2.25 bits per heavy atom. The maximum absolute atomic E-state index is 13.9. The van der Waals surface area contributed by atoms with E-state index in [1.807, 2.05) is 66.7 Å². The number of nitrogens with two attached hydrogens (primary N) is 1. The SMILES string of the molecule is C[C@H](NC(=O)OCC1c2ccccc2-c2ccccc21)C(=O)N[C@@H](Cc1ccccc1)C(=O)/C(C#N)=S1\CCC(CCOCC(N)=O)C1. The second kappa shape index (κ2) is 16.4. The molecule has 1 aliphatic carbocycles. The number of carbonyl (C=O) groups excluding carboxylic acids is 4. The zero-order chi connectivity index (χ0) is 34.0. The molecule has 1 aliphatic heterocycles. The summed E-state index contributed by atoms with van der Waals surface area (Å²) in [5.74, 6) is -0.0199. The van der Waals surface area contributed by atoms with E-state index in [1.165, 1.54) is 6.92 Å². The molecule has 48 heavy (non-hydrogen) atoms. The van der Waals surface area contributed by atoms with Crippen LogP contribution in [0, 0.1) is 17.2 Å². The number of fused-ring (bicyclic) bond motifs is 3. The van der Waals surface area contributed by atoms with E-state index in [0.29, 0.717) is 24.5 Å². The van der Waals surface area contributed by atoms with Crippen LogP contribution in [0.15, 0.2) is 78.9 Å². The highest BCUT2D eigenvalue weighted by Gasteiger charge is 2.32. The predicted octanol–water partition coefficient (Wildman–Crippen LogP) is 4.09. The van der Waals surface area contributed by atoms with Crippen LogP contribution in [0.25, 0.3) is 11.1 Å². The van der Waals surface area contributed by atoms with Crippen LogP contribution >= 0.6 is 10.5 Å². The standard InChI is InChI=1S/C37H40N4O6S/c1-24(40-37(45)47-21-31-29-13-7-5-11-27(29)28-12-6-8-14-30(28)31)36(44)41-32(19-25-9-3-2-4-10-25)35(43)33(20-38)48-18-16-26(23-48)15-17-46-22-34(39)42/h2-14,24,26,31-32H,15-19,21-23H2,1H3,(H2,39,42)(H,40,45)(H,41,44)/t24-,26?,32-,48?/m0/s1. The molecule has 3 aromatic rings. The molecule has 1 heterocycles. The Kier molecular flexibility index (Phi) is 11.8. The maximum atomic E-state index is 13.9. The molecule has 0 radical (unpaired) electrons. The van der Waals surface area contributed by atoms with Crippen molar-refractivity contribution in [3.63, 3.8) is 0 Å². The van der Waals surface area contributed by atoms with Gasteiger partial charge in [0.15, 0.2) is 0 Å². The number of rotatable bonds is 14. The molecule has 4 atom stereocenters. The fourth-order valence-electron chi connectivity index (χ4n) is 6.25. The van der Waals surface area contributed by atoms with Crippen LogP contribution in [-0.4, -0.2) is 72.0 Å². The Bertz CT molecular complexity index is 1690. The predicted molar refractivity (Wildman–Crippen MR) is 185 cm³/mol. The van der Waals surface area contributed by atoms with Crippen molar-refractivity contribution in [1.82, 2.24) is 10.6 Å². The summed E-state index contributed by atoms with van der Waals surface area (Å²) in [6.07, 6.45) is 0.981. The summed E-state index contributed by atoms with van der Waals surface area (Å²) in [4.78, 5) is 51.2. The minimum Gasteiger partial charge on any atom is -0.449 e. The van der Waals surface area contributed by atoms with E-state index < -0.39 is 46.3 Å². The van der Waals surface area contributed by atoms with Crippen molar-refractivity contribution in [3.8, 4) is 17.2 Å². The van der Waals surface area contributed by atoms with Gasteiger partial charge in [0.05, 0.1) is 6.04 Å². The molecule has 3 aromatic carbocycles. The van der Waals surface area contributed by atoms with E-state index in [2.05, 4.69) is 28.8 Å². The average molecular weight is 669 g/mol. The van der Waals surface area contributed by atoms with Crippen LogP contribution in [0.1, 0.15) is 42.4 Å². The third-order valence-electron chi connectivity index (χ3n) is 8.73. The van der Waals surface area contributed by atoms with Gasteiger partial charge in [0.1, 0.15) is 30.2 Å². The number of alkyl carbamates (subject to hydrolysis) is 1. The summed E-state index contributed by atoms with van der Waals surface area (Å²) in [5.41, 5.74) is 10.3. The lowest BCUT2D eigenvalue weighted by Gasteiger charge is -2.22. The van der Waals surface area contributed by atoms with Gasteiger partial charge in [0.25, 0.3) is 0 Å². The molecule has 0 saturated carbocycles. The van der Waals surface area contributed by atoms with Crippen molar-refractivity contribution in [1.29, 1.82) is 5.26 Å². The third-order valence-corrected chi connectivity index (χ3v) is 11.2. The van der Waals surface area contributed by atoms with Crippen molar-refractivity contribution < 1.29 is 28.7 Å². The molecule has 1 fully saturated rings. The van der Waals surface area contributed by atoms with Gasteiger partial charge in [-0.3, -0.25) is 14.4 Å². The Balaban J connectivity index is 1.21. The smallest absolute Gasteiger partial charge is 0.407 e. The minimum atomic E-state index is -1.00. The van der Waals surface area contributed by atoms with Crippen molar-refractivity contribution in [2.24, 2.45) is 11.7 Å². The number of Topliss-reactive ketones (excluding diaryl/α,β-unsaturated/α-hetero) is 1. The molecule has 0 aromatic heterocycles. The molecule has 250 valence electrons. The number of hydrogen-bond donors (Lipinski definition) is 3. The summed E-state index contributed by atoms with van der Waals surface area (Å²) in [5, 5.41) is 15.5. The van der Waals surface area contributed by atoms with Crippen molar-refractivity contribution in [2.75, 3.05) is 31.3 Å². The number of ether oxygens (including phenoxy) is 2. The molecular weight excluding hydrogens is 628 g/mol. The molecule has 2 aliphatic rings. The summed E-state index contributed by atoms with van der Waals surface area (Å²) < 4.78 is 10.9. The largest absolute Gasteiger partial charge is 0.449 e. The Labute approximate surface area is 282 Å². The van der Waals surface area contributed by atoms with Gasteiger partial charge in [0, 0.05) is 18.9 Å². The number of primary amides is 1. The van der Waals surface area contributed by atoms with Gasteiger partial charge in [-0.15, -0.1) is 0 Å². The number of benzene rings is 3. The average Bonchev–Trinajstić information content (AvgIpc) is 3.68. The number of nitriles is 1. The first-order valence-electron chi connectivity index (χ1n) is 16.1. The van der Waals surface area contributed by atoms with Crippen LogP contribution < -0.4 is 16.4 Å². The number of carbonyl (C=O) groups is 4. The Morgan fingerprint density at radius 1 is 0.958 bits per heavy atom. The second-order valence-corrected chi connectivity index (χ2v) is 14.2. The van der Waals surface area contributed by atoms with Gasteiger partial charge in [-0.2, -0.15) is 15.7 Å². The van der Waals surface area contributed by atoms with Gasteiger partial charge in [-0.1, -0.05) is 78.9 Å². The van der Waals surface area contributed by atoms with Crippen LogP contribution in [0.3, 0.4) is 0 Å². The number of nitrogens with one attached hydrogen (secondary N) is 2. The summed E-state index contributed by atoms with van der Waals surface area (Å²) in [7, 11) is -0.571. The summed E-state index contributed by atoms with van der Waals surface area (Å²) >= 11 is 0. The van der Waals surface area contributed by atoms with Crippen molar-refractivity contribution in [3.05, 3.63) is 95.6 Å². The summed E-state index contributed by atoms with van der Waals surface area (Å²) in [6.45, 7) is 1.87. The van der Waals surface area contributed by atoms with Gasteiger partial charge in [0.2, 0.25) is 17.6 Å². The van der Waals surface area contributed by atoms with E-state index in [-0.39, 0.29) is 36.3 Å². The van der Waals surface area contributed by atoms with Crippen LogP contribution in [0.4, 0.5) is 4.79 Å². The Hall–Kier alpha value is -4.79. The minimum absolute atomic E-state index is 0.102. The molecule has 3 amide bonds. The topological polar surface area (TPSA) is 161 Å². The maximum Gasteiger partial charge on any atom is 0.407 e. The molecule has 1 saturated heterocycles.